The average molecular weight is 259 g/mol. The third kappa shape index (κ3) is 2.78. The van der Waals surface area contributed by atoms with E-state index in [0.29, 0.717) is 11.5 Å². The molecule has 3 N–H and O–H groups in total. The van der Waals surface area contributed by atoms with Crippen LogP contribution in [0.4, 0.5) is 0 Å². The van der Waals surface area contributed by atoms with Gasteiger partial charge in [-0.25, -0.2) is 0 Å². The number of nitrogens with one attached hydrogen (secondary N) is 1. The van der Waals surface area contributed by atoms with Gasteiger partial charge in [0.1, 0.15) is 0 Å². The molecule has 0 spiro atoms. The minimum atomic E-state index is -0.392. The molecule has 19 heavy (non-hydrogen) atoms. The summed E-state index contributed by atoms with van der Waals surface area (Å²) >= 11 is 0. The van der Waals surface area contributed by atoms with Crippen molar-refractivity contribution in [3.05, 3.63) is 29.5 Å². The van der Waals surface area contributed by atoms with Gasteiger partial charge in [0.05, 0.1) is 5.52 Å². The Balaban J connectivity index is 2.46. The van der Waals surface area contributed by atoms with E-state index in [1.165, 1.54) is 0 Å². The first kappa shape index (κ1) is 13.6. The van der Waals surface area contributed by atoms with E-state index < -0.39 is 5.91 Å². The van der Waals surface area contributed by atoms with Crippen LogP contribution in [-0.2, 0) is 0 Å². The van der Waals surface area contributed by atoms with E-state index >= 15 is 0 Å². The second kappa shape index (κ2) is 5.87. The quantitative estimate of drug-likeness (QED) is 0.835. The molecule has 4 nitrogen and oxygen atoms in total. The first-order chi connectivity index (χ1) is 9.17. The lowest BCUT2D eigenvalue weighted by atomic mass is 9.92. The smallest absolute Gasteiger partial charge is 0.248 e. The zero-order chi connectivity index (χ0) is 13.8. The number of hydrogen-bond donors (Lipinski definition) is 2. The number of carbonyl (C=O) groups excluding carboxylic acids is 1. The number of fused-ring (bicyclic) bond motifs is 1. The molecule has 1 aromatic heterocycles. The number of nitrogens with two attached hydrogens (primary N) is 1. The first-order valence-electron chi connectivity index (χ1n) is 6.95. The summed E-state index contributed by atoms with van der Waals surface area (Å²) in [5.74, 6) is 0.0831. The standard InChI is InChI=1S/C15H21N3O/c1-3-5-10(6-4-2)14-12-9-11(15(16)19)7-8-13(12)17-18-14/h7-10H,3-6H2,1-2H3,(H2,16,19)(H,17,18). The Morgan fingerprint density at radius 3 is 2.58 bits per heavy atom. The van der Waals surface area contributed by atoms with Crippen LogP contribution in [-0.4, -0.2) is 16.1 Å². The normalized spacial score (nSPS) is 11.3. The van der Waals surface area contributed by atoms with Crippen molar-refractivity contribution in [3.8, 4) is 0 Å². The molecular formula is C15H21N3O. The molecule has 0 bridgehead atoms. The Morgan fingerprint density at radius 2 is 2.00 bits per heavy atom. The van der Waals surface area contributed by atoms with E-state index in [9.17, 15) is 4.79 Å². The highest BCUT2D eigenvalue weighted by Gasteiger charge is 2.16. The fourth-order valence-corrected chi connectivity index (χ4v) is 2.62. The maximum atomic E-state index is 11.3. The van der Waals surface area contributed by atoms with E-state index in [4.69, 9.17) is 5.73 Å². The number of carbonyl (C=O) groups is 1. The highest BCUT2D eigenvalue weighted by molar-refractivity contribution is 5.97. The molecule has 0 radical (unpaired) electrons. The zero-order valence-corrected chi connectivity index (χ0v) is 11.6. The minimum Gasteiger partial charge on any atom is -0.366 e. The van der Waals surface area contributed by atoms with Gasteiger partial charge in [0.25, 0.3) is 0 Å². The molecule has 102 valence electrons. The SMILES string of the molecule is CCCC(CCC)c1[nH]nc2ccc(C(N)=O)cc12. The largest absolute Gasteiger partial charge is 0.366 e. The number of primary amides is 1. The third-order valence-electron chi connectivity index (χ3n) is 3.55. The number of hydrogen-bond acceptors (Lipinski definition) is 2. The number of amides is 1. The van der Waals surface area contributed by atoms with Gasteiger partial charge in [-0.05, 0) is 31.0 Å². The fraction of sp³-hybridized carbons (Fsp3) is 0.467. The predicted molar refractivity (Wildman–Crippen MR) is 77.2 cm³/mol. The lowest BCUT2D eigenvalue weighted by molar-refractivity contribution is 0.100. The second-order valence-corrected chi connectivity index (χ2v) is 5.01. The summed E-state index contributed by atoms with van der Waals surface area (Å²) in [5, 5.41) is 8.51. The number of H-pyrrole nitrogens is 1. The molecule has 4 heteroatoms. The van der Waals surface area contributed by atoms with Crippen LogP contribution < -0.4 is 5.73 Å². The maximum Gasteiger partial charge on any atom is 0.248 e. The number of aromatic amines is 1. The van der Waals surface area contributed by atoms with Gasteiger partial charge in [-0.2, -0.15) is 5.10 Å². The third-order valence-corrected chi connectivity index (χ3v) is 3.55. The van der Waals surface area contributed by atoms with Crippen LogP contribution in [0.25, 0.3) is 10.9 Å². The summed E-state index contributed by atoms with van der Waals surface area (Å²) in [4.78, 5) is 11.3. The summed E-state index contributed by atoms with van der Waals surface area (Å²) in [6.45, 7) is 4.38. The highest BCUT2D eigenvalue weighted by Crippen LogP contribution is 2.30. The Morgan fingerprint density at radius 1 is 1.32 bits per heavy atom. The molecule has 1 aromatic carbocycles. The molecule has 1 heterocycles. The predicted octanol–water partition coefficient (Wildman–Crippen LogP) is 3.35. The van der Waals surface area contributed by atoms with Crippen molar-refractivity contribution < 1.29 is 4.79 Å². The van der Waals surface area contributed by atoms with Gasteiger partial charge in [0.15, 0.2) is 0 Å². The van der Waals surface area contributed by atoms with Crippen molar-refractivity contribution in [1.82, 2.24) is 10.2 Å². The number of rotatable bonds is 6. The van der Waals surface area contributed by atoms with Crippen molar-refractivity contribution in [2.75, 3.05) is 0 Å². The van der Waals surface area contributed by atoms with Gasteiger partial charge in [-0.3, -0.25) is 9.89 Å². The van der Waals surface area contributed by atoms with Gasteiger partial charge >= 0.3 is 0 Å². The Kier molecular flexibility index (Phi) is 4.20. The molecule has 0 saturated heterocycles. The van der Waals surface area contributed by atoms with Gasteiger partial charge in [0.2, 0.25) is 5.91 Å². The zero-order valence-electron chi connectivity index (χ0n) is 11.6. The molecule has 2 aromatic rings. The summed E-state index contributed by atoms with van der Waals surface area (Å²) in [7, 11) is 0. The lowest BCUT2D eigenvalue weighted by Gasteiger charge is -2.13. The Hall–Kier alpha value is -1.84. The number of nitrogens with zero attached hydrogens (tertiary/aromatic N) is 1. The van der Waals surface area contributed by atoms with Crippen molar-refractivity contribution in [3.63, 3.8) is 0 Å². The van der Waals surface area contributed by atoms with Crippen molar-refractivity contribution in [1.29, 1.82) is 0 Å². The average Bonchev–Trinajstić information content (AvgIpc) is 2.81. The summed E-state index contributed by atoms with van der Waals surface area (Å²) in [6, 6.07) is 5.43. The molecule has 0 saturated carbocycles. The van der Waals surface area contributed by atoms with Crippen LogP contribution in [0.5, 0.6) is 0 Å². The number of benzene rings is 1. The topological polar surface area (TPSA) is 71.8 Å². The van der Waals surface area contributed by atoms with Crippen LogP contribution in [0.3, 0.4) is 0 Å². The summed E-state index contributed by atoms with van der Waals surface area (Å²) in [6.07, 6.45) is 4.54. The van der Waals surface area contributed by atoms with Crippen LogP contribution in [0.2, 0.25) is 0 Å². The van der Waals surface area contributed by atoms with E-state index in [2.05, 4.69) is 24.0 Å². The van der Waals surface area contributed by atoms with E-state index in [-0.39, 0.29) is 0 Å². The van der Waals surface area contributed by atoms with Crippen LogP contribution in [0.1, 0.15) is 61.5 Å². The summed E-state index contributed by atoms with van der Waals surface area (Å²) in [5.41, 5.74) is 7.93. The van der Waals surface area contributed by atoms with Crippen LogP contribution in [0, 0.1) is 0 Å². The van der Waals surface area contributed by atoms with E-state index in [1.807, 2.05) is 12.1 Å². The molecule has 0 aliphatic carbocycles. The van der Waals surface area contributed by atoms with Crippen molar-refractivity contribution >= 4 is 16.8 Å². The van der Waals surface area contributed by atoms with E-state index in [1.54, 1.807) is 6.07 Å². The van der Waals surface area contributed by atoms with Crippen LogP contribution >= 0.6 is 0 Å². The fourth-order valence-electron chi connectivity index (χ4n) is 2.62. The van der Waals surface area contributed by atoms with Gasteiger partial charge in [-0.1, -0.05) is 26.7 Å². The monoisotopic (exact) mass is 259 g/mol. The first-order valence-corrected chi connectivity index (χ1v) is 6.95. The molecule has 0 unspecified atom stereocenters. The van der Waals surface area contributed by atoms with Crippen LogP contribution in [0.15, 0.2) is 18.2 Å². The molecule has 0 fully saturated rings. The molecular weight excluding hydrogens is 238 g/mol. The highest BCUT2D eigenvalue weighted by atomic mass is 16.1. The van der Waals surface area contributed by atoms with E-state index in [0.717, 1.165) is 42.3 Å². The Bertz CT molecular complexity index is 568. The molecule has 2 rings (SSSR count). The number of aromatic nitrogens is 2. The second-order valence-electron chi connectivity index (χ2n) is 5.01. The van der Waals surface area contributed by atoms with Gasteiger partial charge < -0.3 is 5.73 Å². The van der Waals surface area contributed by atoms with Crippen molar-refractivity contribution in [2.45, 2.75) is 45.4 Å². The summed E-state index contributed by atoms with van der Waals surface area (Å²) < 4.78 is 0. The van der Waals surface area contributed by atoms with Crippen molar-refractivity contribution in [2.24, 2.45) is 5.73 Å². The minimum absolute atomic E-state index is 0.392. The molecule has 1 amide bonds. The maximum absolute atomic E-state index is 11.3. The molecule has 0 aliphatic rings. The van der Waals surface area contributed by atoms with Gasteiger partial charge in [-0.15, -0.1) is 0 Å². The Labute approximate surface area is 113 Å². The molecule has 0 aliphatic heterocycles. The molecule has 0 atom stereocenters. The van der Waals surface area contributed by atoms with Gasteiger partial charge in [0, 0.05) is 22.6 Å². The lowest BCUT2D eigenvalue weighted by Crippen LogP contribution is -2.10.